The quantitative estimate of drug-likeness (QED) is 0.693. The Morgan fingerprint density at radius 1 is 1.25 bits per heavy atom. The second kappa shape index (κ2) is 5.86. The van der Waals surface area contributed by atoms with Crippen molar-refractivity contribution in [3.63, 3.8) is 0 Å². The lowest BCUT2D eigenvalue weighted by atomic mass is 9.98. The van der Waals surface area contributed by atoms with Crippen molar-refractivity contribution in [1.29, 1.82) is 0 Å². The van der Waals surface area contributed by atoms with Crippen LogP contribution in [0.3, 0.4) is 0 Å². The van der Waals surface area contributed by atoms with E-state index in [1.165, 1.54) is 31.4 Å². The molecule has 1 heterocycles. The van der Waals surface area contributed by atoms with Gasteiger partial charge in [0.2, 0.25) is 0 Å². The Morgan fingerprint density at radius 3 is 2.81 bits per heavy atom. The molecule has 1 atom stereocenters. The van der Waals surface area contributed by atoms with Gasteiger partial charge in [-0.1, -0.05) is 42.8 Å². The summed E-state index contributed by atoms with van der Waals surface area (Å²) in [6.07, 6.45) is 7.25. The van der Waals surface area contributed by atoms with Crippen LogP contribution in [0.15, 0.2) is 43.0 Å². The topological polar surface area (TPSA) is 3.24 Å². The van der Waals surface area contributed by atoms with Gasteiger partial charge in [0.25, 0.3) is 0 Å². The highest BCUT2D eigenvalue weighted by atomic mass is 15.2. The Labute approximate surface area is 98.8 Å². The molecule has 2 rings (SSSR count). The van der Waals surface area contributed by atoms with E-state index in [1.807, 2.05) is 0 Å². The summed E-state index contributed by atoms with van der Waals surface area (Å²) in [6.45, 7) is 6.21. The number of hydrogen-bond donors (Lipinski definition) is 0. The van der Waals surface area contributed by atoms with E-state index >= 15 is 0 Å². The second-order valence-corrected chi connectivity index (χ2v) is 4.63. The van der Waals surface area contributed by atoms with Crippen molar-refractivity contribution in [2.75, 3.05) is 6.54 Å². The van der Waals surface area contributed by atoms with Crippen molar-refractivity contribution in [2.45, 2.75) is 38.3 Å². The van der Waals surface area contributed by atoms with Crippen LogP contribution < -0.4 is 0 Å². The molecule has 0 amide bonds. The summed E-state index contributed by atoms with van der Waals surface area (Å²) < 4.78 is 0. The second-order valence-electron chi connectivity index (χ2n) is 4.63. The van der Waals surface area contributed by atoms with Crippen molar-refractivity contribution >= 4 is 0 Å². The maximum atomic E-state index is 3.87. The van der Waals surface area contributed by atoms with Gasteiger partial charge in [-0.3, -0.25) is 4.90 Å². The highest BCUT2D eigenvalue weighted by molar-refractivity contribution is 5.14. The molecule has 1 aromatic rings. The number of nitrogens with zero attached hydrogens (tertiary/aromatic N) is 1. The van der Waals surface area contributed by atoms with Crippen LogP contribution in [0.4, 0.5) is 0 Å². The molecule has 0 N–H and O–H groups in total. The van der Waals surface area contributed by atoms with Crippen molar-refractivity contribution in [1.82, 2.24) is 4.90 Å². The molecule has 0 bridgehead atoms. The third-order valence-corrected chi connectivity index (χ3v) is 3.42. The fourth-order valence-corrected chi connectivity index (χ4v) is 2.55. The SMILES string of the molecule is C=CC[C@H]1CCCCN1Cc1ccccc1. The van der Waals surface area contributed by atoms with Crippen molar-refractivity contribution < 1.29 is 0 Å². The first-order chi connectivity index (χ1) is 7.90. The van der Waals surface area contributed by atoms with E-state index < -0.39 is 0 Å². The van der Waals surface area contributed by atoms with Crippen LogP contribution in [0.2, 0.25) is 0 Å². The molecular formula is C15H21N. The Bertz CT molecular complexity index is 317. The lowest BCUT2D eigenvalue weighted by Gasteiger charge is -2.35. The maximum Gasteiger partial charge on any atom is 0.0236 e. The molecule has 0 unspecified atom stereocenters. The van der Waals surface area contributed by atoms with Crippen molar-refractivity contribution in [3.05, 3.63) is 48.6 Å². The molecule has 1 aliphatic heterocycles. The first kappa shape index (κ1) is 11.4. The van der Waals surface area contributed by atoms with Crippen LogP contribution in [-0.2, 0) is 6.54 Å². The maximum absolute atomic E-state index is 3.87. The van der Waals surface area contributed by atoms with Gasteiger partial charge in [-0.05, 0) is 31.4 Å². The summed E-state index contributed by atoms with van der Waals surface area (Å²) in [7, 11) is 0. The van der Waals surface area contributed by atoms with E-state index in [4.69, 9.17) is 0 Å². The Balaban J connectivity index is 1.98. The molecule has 86 valence electrons. The average molecular weight is 215 g/mol. The Morgan fingerprint density at radius 2 is 2.06 bits per heavy atom. The third-order valence-electron chi connectivity index (χ3n) is 3.42. The monoisotopic (exact) mass is 215 g/mol. The predicted octanol–water partition coefficient (Wildman–Crippen LogP) is 3.62. The zero-order valence-electron chi connectivity index (χ0n) is 9.94. The molecule has 1 aliphatic rings. The zero-order valence-corrected chi connectivity index (χ0v) is 9.94. The first-order valence-electron chi connectivity index (χ1n) is 6.29. The minimum absolute atomic E-state index is 0.714. The fourth-order valence-electron chi connectivity index (χ4n) is 2.55. The highest BCUT2D eigenvalue weighted by Crippen LogP contribution is 2.21. The smallest absolute Gasteiger partial charge is 0.0236 e. The molecule has 1 fully saturated rings. The third kappa shape index (κ3) is 2.96. The van der Waals surface area contributed by atoms with Crippen molar-refractivity contribution in [2.24, 2.45) is 0 Å². The molecule has 0 radical (unpaired) electrons. The van der Waals surface area contributed by atoms with Crippen LogP contribution in [0.25, 0.3) is 0 Å². The summed E-state index contributed by atoms with van der Waals surface area (Å²) >= 11 is 0. The van der Waals surface area contributed by atoms with Gasteiger partial charge >= 0.3 is 0 Å². The lowest BCUT2D eigenvalue weighted by Crippen LogP contribution is -2.38. The minimum atomic E-state index is 0.714. The van der Waals surface area contributed by atoms with E-state index in [0.29, 0.717) is 6.04 Å². The van der Waals surface area contributed by atoms with E-state index in [9.17, 15) is 0 Å². The molecule has 0 saturated carbocycles. The van der Waals surface area contributed by atoms with Gasteiger partial charge in [0.1, 0.15) is 0 Å². The van der Waals surface area contributed by atoms with Crippen molar-refractivity contribution in [3.8, 4) is 0 Å². The number of likely N-dealkylation sites (tertiary alicyclic amines) is 1. The number of hydrogen-bond acceptors (Lipinski definition) is 1. The fraction of sp³-hybridized carbons (Fsp3) is 0.467. The molecule has 1 aromatic carbocycles. The predicted molar refractivity (Wildman–Crippen MR) is 69.3 cm³/mol. The largest absolute Gasteiger partial charge is 0.296 e. The van der Waals surface area contributed by atoms with E-state index in [2.05, 4.69) is 47.9 Å². The van der Waals surface area contributed by atoms with Crippen LogP contribution in [0, 0.1) is 0 Å². The molecule has 0 aromatic heterocycles. The molecular weight excluding hydrogens is 194 g/mol. The van der Waals surface area contributed by atoms with Crippen LogP contribution in [0.5, 0.6) is 0 Å². The molecule has 0 spiro atoms. The van der Waals surface area contributed by atoms with Gasteiger partial charge < -0.3 is 0 Å². The van der Waals surface area contributed by atoms with Crippen LogP contribution in [0.1, 0.15) is 31.2 Å². The van der Waals surface area contributed by atoms with Gasteiger partial charge in [0.15, 0.2) is 0 Å². The van der Waals surface area contributed by atoms with Crippen LogP contribution >= 0.6 is 0 Å². The van der Waals surface area contributed by atoms with E-state index in [0.717, 1.165) is 13.0 Å². The summed E-state index contributed by atoms with van der Waals surface area (Å²) in [5, 5.41) is 0. The summed E-state index contributed by atoms with van der Waals surface area (Å²) in [4.78, 5) is 2.61. The molecule has 1 heteroatoms. The van der Waals surface area contributed by atoms with E-state index in [-0.39, 0.29) is 0 Å². The zero-order chi connectivity index (χ0) is 11.2. The highest BCUT2D eigenvalue weighted by Gasteiger charge is 2.20. The number of rotatable bonds is 4. The van der Waals surface area contributed by atoms with Crippen LogP contribution in [-0.4, -0.2) is 17.5 Å². The summed E-state index contributed by atoms with van der Waals surface area (Å²) in [6, 6.07) is 11.5. The molecule has 16 heavy (non-hydrogen) atoms. The molecule has 1 saturated heterocycles. The molecule has 1 nitrogen and oxygen atoms in total. The van der Waals surface area contributed by atoms with Gasteiger partial charge in [0, 0.05) is 12.6 Å². The summed E-state index contributed by atoms with van der Waals surface area (Å²) in [5.41, 5.74) is 1.43. The van der Waals surface area contributed by atoms with Gasteiger partial charge in [-0.25, -0.2) is 0 Å². The standard InChI is InChI=1S/C15H21N/c1-2-8-15-11-6-7-12-16(15)13-14-9-4-3-5-10-14/h2-5,9-10,15H,1,6-8,11-13H2/t15-/m0/s1. The van der Waals surface area contributed by atoms with Gasteiger partial charge in [-0.15, -0.1) is 6.58 Å². The first-order valence-corrected chi connectivity index (χ1v) is 6.29. The normalized spacial score (nSPS) is 21.9. The number of piperidine rings is 1. The molecule has 0 aliphatic carbocycles. The minimum Gasteiger partial charge on any atom is -0.296 e. The number of benzene rings is 1. The van der Waals surface area contributed by atoms with Gasteiger partial charge in [0.05, 0.1) is 0 Å². The van der Waals surface area contributed by atoms with Gasteiger partial charge in [-0.2, -0.15) is 0 Å². The average Bonchev–Trinajstić information content (AvgIpc) is 2.33. The Kier molecular flexibility index (Phi) is 4.17. The lowest BCUT2D eigenvalue weighted by molar-refractivity contribution is 0.141. The Hall–Kier alpha value is -1.08. The van der Waals surface area contributed by atoms with E-state index in [1.54, 1.807) is 0 Å². The summed E-state index contributed by atoms with van der Waals surface area (Å²) in [5.74, 6) is 0.